The van der Waals surface area contributed by atoms with E-state index in [0.717, 1.165) is 37.0 Å². The maximum Gasteiger partial charge on any atom is 0.231 e. The van der Waals surface area contributed by atoms with E-state index >= 15 is 0 Å². The van der Waals surface area contributed by atoms with Crippen LogP contribution < -0.4 is 9.80 Å². The molecule has 4 rings (SSSR count). The Hall–Kier alpha value is -2.88. The lowest BCUT2D eigenvalue weighted by molar-refractivity contribution is 0.918. The SMILES string of the molecule is CCN(c1ccccc1)c1ccnc(N2CCc3ccccc32)n1. The van der Waals surface area contributed by atoms with Gasteiger partial charge in [0, 0.05) is 30.7 Å². The summed E-state index contributed by atoms with van der Waals surface area (Å²) < 4.78 is 0. The number of nitrogens with zero attached hydrogens (tertiary/aromatic N) is 4. The first-order chi connectivity index (χ1) is 11.9. The van der Waals surface area contributed by atoms with Crippen LogP contribution in [-0.2, 0) is 6.42 Å². The average molecular weight is 316 g/mol. The second-order valence-electron chi connectivity index (χ2n) is 5.82. The summed E-state index contributed by atoms with van der Waals surface area (Å²) in [7, 11) is 0. The molecule has 1 aromatic heterocycles. The molecular weight excluding hydrogens is 296 g/mol. The Kier molecular flexibility index (Phi) is 3.87. The highest BCUT2D eigenvalue weighted by Crippen LogP contribution is 2.33. The molecule has 0 saturated carbocycles. The van der Waals surface area contributed by atoms with E-state index in [1.54, 1.807) is 0 Å². The molecule has 0 spiro atoms. The van der Waals surface area contributed by atoms with E-state index in [9.17, 15) is 0 Å². The maximum atomic E-state index is 4.84. The Morgan fingerprint density at radius 2 is 1.79 bits per heavy atom. The summed E-state index contributed by atoms with van der Waals surface area (Å²) >= 11 is 0. The molecule has 3 aromatic rings. The minimum atomic E-state index is 0.770. The summed E-state index contributed by atoms with van der Waals surface area (Å²) in [5.41, 5.74) is 3.73. The van der Waals surface area contributed by atoms with Crippen LogP contribution in [0.1, 0.15) is 12.5 Å². The molecule has 2 heterocycles. The molecule has 24 heavy (non-hydrogen) atoms. The van der Waals surface area contributed by atoms with Crippen molar-refractivity contribution in [2.45, 2.75) is 13.3 Å². The van der Waals surface area contributed by atoms with Crippen molar-refractivity contribution in [1.82, 2.24) is 9.97 Å². The van der Waals surface area contributed by atoms with Gasteiger partial charge in [-0.3, -0.25) is 0 Å². The Labute approximate surface area is 142 Å². The molecule has 1 aliphatic rings. The summed E-state index contributed by atoms with van der Waals surface area (Å²) in [5, 5.41) is 0. The van der Waals surface area contributed by atoms with E-state index in [2.05, 4.69) is 70.2 Å². The van der Waals surface area contributed by atoms with Crippen LogP contribution in [0.3, 0.4) is 0 Å². The minimum Gasteiger partial charge on any atom is -0.327 e. The molecule has 1 aliphatic heterocycles. The van der Waals surface area contributed by atoms with Gasteiger partial charge in [-0.25, -0.2) is 4.98 Å². The smallest absolute Gasteiger partial charge is 0.231 e. The van der Waals surface area contributed by atoms with Crippen LogP contribution in [0.25, 0.3) is 0 Å². The van der Waals surface area contributed by atoms with Crippen molar-refractivity contribution in [3.8, 4) is 0 Å². The van der Waals surface area contributed by atoms with E-state index in [0.29, 0.717) is 0 Å². The number of para-hydroxylation sites is 2. The zero-order chi connectivity index (χ0) is 16.4. The van der Waals surface area contributed by atoms with Gasteiger partial charge in [0.1, 0.15) is 5.82 Å². The highest BCUT2D eigenvalue weighted by molar-refractivity contribution is 5.67. The third-order valence-corrected chi connectivity index (χ3v) is 4.42. The summed E-state index contributed by atoms with van der Waals surface area (Å²) in [6, 6.07) is 20.8. The molecule has 120 valence electrons. The molecule has 0 atom stereocenters. The van der Waals surface area contributed by atoms with Gasteiger partial charge >= 0.3 is 0 Å². The Morgan fingerprint density at radius 1 is 1.00 bits per heavy atom. The van der Waals surface area contributed by atoms with E-state index in [4.69, 9.17) is 4.98 Å². The quantitative estimate of drug-likeness (QED) is 0.717. The monoisotopic (exact) mass is 316 g/mol. The number of hydrogen-bond donors (Lipinski definition) is 0. The molecule has 0 bridgehead atoms. The van der Waals surface area contributed by atoms with Crippen LogP contribution in [0.5, 0.6) is 0 Å². The van der Waals surface area contributed by atoms with Crippen molar-refractivity contribution >= 4 is 23.1 Å². The molecule has 0 N–H and O–H groups in total. The van der Waals surface area contributed by atoms with Crippen molar-refractivity contribution < 1.29 is 0 Å². The fourth-order valence-electron chi connectivity index (χ4n) is 3.25. The Bertz CT molecular complexity index is 815. The van der Waals surface area contributed by atoms with E-state index in [1.165, 1.54) is 11.3 Å². The third-order valence-electron chi connectivity index (χ3n) is 4.42. The van der Waals surface area contributed by atoms with Crippen molar-refractivity contribution in [1.29, 1.82) is 0 Å². The van der Waals surface area contributed by atoms with Gasteiger partial charge in [0.2, 0.25) is 5.95 Å². The van der Waals surface area contributed by atoms with Crippen molar-refractivity contribution in [3.63, 3.8) is 0 Å². The van der Waals surface area contributed by atoms with Crippen LogP contribution in [0.4, 0.5) is 23.1 Å². The lowest BCUT2D eigenvalue weighted by atomic mass is 10.2. The highest BCUT2D eigenvalue weighted by Gasteiger charge is 2.22. The highest BCUT2D eigenvalue weighted by atomic mass is 15.3. The first-order valence-corrected chi connectivity index (χ1v) is 8.38. The zero-order valence-corrected chi connectivity index (χ0v) is 13.8. The van der Waals surface area contributed by atoms with Crippen molar-refractivity contribution in [2.24, 2.45) is 0 Å². The van der Waals surface area contributed by atoms with Gasteiger partial charge in [-0.1, -0.05) is 36.4 Å². The summed E-state index contributed by atoms with van der Waals surface area (Å²) in [6.45, 7) is 3.93. The fraction of sp³-hybridized carbons (Fsp3) is 0.200. The lowest BCUT2D eigenvalue weighted by Crippen LogP contribution is -2.21. The molecule has 0 radical (unpaired) electrons. The fourth-order valence-corrected chi connectivity index (χ4v) is 3.25. The van der Waals surface area contributed by atoms with Crippen LogP contribution in [-0.4, -0.2) is 23.1 Å². The van der Waals surface area contributed by atoms with Crippen molar-refractivity contribution in [3.05, 3.63) is 72.4 Å². The molecule has 0 unspecified atom stereocenters. The molecule has 0 amide bonds. The van der Waals surface area contributed by atoms with E-state index < -0.39 is 0 Å². The normalized spacial score (nSPS) is 13.0. The minimum absolute atomic E-state index is 0.770. The molecule has 0 saturated heterocycles. The van der Waals surface area contributed by atoms with E-state index in [1.807, 2.05) is 18.3 Å². The maximum absolute atomic E-state index is 4.84. The van der Waals surface area contributed by atoms with Gasteiger partial charge in [0.05, 0.1) is 0 Å². The summed E-state index contributed by atoms with van der Waals surface area (Å²) in [6.07, 6.45) is 2.89. The average Bonchev–Trinajstić information content (AvgIpc) is 3.08. The second-order valence-corrected chi connectivity index (χ2v) is 5.82. The molecule has 2 aromatic carbocycles. The molecule has 0 aliphatic carbocycles. The summed E-state index contributed by atoms with van der Waals surface area (Å²) in [4.78, 5) is 13.8. The number of rotatable bonds is 4. The van der Waals surface area contributed by atoms with Crippen molar-refractivity contribution in [2.75, 3.05) is 22.9 Å². The first-order valence-electron chi connectivity index (χ1n) is 8.38. The number of anilines is 4. The van der Waals surface area contributed by atoms with Gasteiger partial charge in [0.15, 0.2) is 0 Å². The predicted molar refractivity (Wildman–Crippen MR) is 98.3 cm³/mol. The third kappa shape index (κ3) is 2.60. The number of fused-ring (bicyclic) bond motifs is 1. The first kappa shape index (κ1) is 14.7. The standard InChI is InChI=1S/C20H20N4/c1-2-23(17-9-4-3-5-10-17)19-12-14-21-20(22-19)24-15-13-16-8-6-7-11-18(16)24/h3-12,14H,2,13,15H2,1H3. The molecule has 4 nitrogen and oxygen atoms in total. The van der Waals surface area contributed by atoms with Gasteiger partial charge in [-0.2, -0.15) is 4.98 Å². The van der Waals surface area contributed by atoms with Gasteiger partial charge in [0.25, 0.3) is 0 Å². The largest absolute Gasteiger partial charge is 0.327 e. The van der Waals surface area contributed by atoms with Crippen LogP contribution in [0.2, 0.25) is 0 Å². The van der Waals surface area contributed by atoms with Crippen LogP contribution >= 0.6 is 0 Å². The zero-order valence-electron chi connectivity index (χ0n) is 13.8. The van der Waals surface area contributed by atoms with E-state index in [-0.39, 0.29) is 0 Å². The van der Waals surface area contributed by atoms with Gasteiger partial charge < -0.3 is 9.80 Å². The van der Waals surface area contributed by atoms with Gasteiger partial charge in [-0.05, 0) is 43.2 Å². The number of aromatic nitrogens is 2. The molecular formula is C20H20N4. The molecule has 4 heteroatoms. The predicted octanol–water partition coefficient (Wildman–Crippen LogP) is 4.33. The number of hydrogen-bond acceptors (Lipinski definition) is 4. The summed E-state index contributed by atoms with van der Waals surface area (Å²) in [5.74, 6) is 1.70. The number of benzene rings is 2. The Morgan fingerprint density at radius 3 is 2.62 bits per heavy atom. The van der Waals surface area contributed by atoms with Gasteiger partial charge in [-0.15, -0.1) is 0 Å². The topological polar surface area (TPSA) is 32.3 Å². The Balaban J connectivity index is 1.70. The van der Waals surface area contributed by atoms with Crippen LogP contribution in [0.15, 0.2) is 66.9 Å². The van der Waals surface area contributed by atoms with Crippen LogP contribution in [0, 0.1) is 0 Å². The second kappa shape index (κ2) is 6.32. The molecule has 0 fully saturated rings. The lowest BCUT2D eigenvalue weighted by Gasteiger charge is -2.24.